The molecule has 0 aromatic carbocycles. The van der Waals surface area contributed by atoms with Gasteiger partial charge in [-0.2, -0.15) is 0 Å². The zero-order valence-corrected chi connectivity index (χ0v) is 8.44. The zero-order chi connectivity index (χ0) is 9.15. The van der Waals surface area contributed by atoms with Gasteiger partial charge in [0, 0.05) is 31.3 Å². The molecule has 2 saturated heterocycles. The predicted octanol–water partition coefficient (Wildman–Crippen LogP) is 0.507. The van der Waals surface area contributed by atoms with Crippen LogP contribution in [0, 0.1) is 0 Å². The van der Waals surface area contributed by atoms with Crippen LogP contribution in [0.5, 0.6) is 0 Å². The first kappa shape index (κ1) is 9.44. The molecule has 0 bridgehead atoms. The van der Waals surface area contributed by atoms with Crippen LogP contribution in [0.3, 0.4) is 0 Å². The highest BCUT2D eigenvalue weighted by Crippen LogP contribution is 2.17. The lowest BCUT2D eigenvalue weighted by atomic mass is 9.98. The first-order valence-electron chi connectivity index (χ1n) is 5.35. The van der Waals surface area contributed by atoms with Gasteiger partial charge in [0.2, 0.25) is 0 Å². The molecule has 3 nitrogen and oxygen atoms in total. The van der Waals surface area contributed by atoms with E-state index in [1.165, 1.54) is 19.3 Å². The number of hydrogen-bond acceptors (Lipinski definition) is 3. The van der Waals surface area contributed by atoms with Gasteiger partial charge in [0.25, 0.3) is 0 Å². The van der Waals surface area contributed by atoms with E-state index in [9.17, 15) is 0 Å². The minimum atomic E-state index is 0.335. The first-order chi connectivity index (χ1) is 6.29. The van der Waals surface area contributed by atoms with E-state index < -0.39 is 0 Å². The molecule has 0 saturated carbocycles. The molecule has 2 N–H and O–H groups in total. The normalized spacial score (nSPS) is 36.7. The smallest absolute Gasteiger partial charge is 0.0480 e. The van der Waals surface area contributed by atoms with E-state index in [-0.39, 0.29) is 0 Å². The standard InChI is InChI=1S/C10H20N2O/c1-10(4-5-11-8-10)12-9-2-6-13-7-3-9/h9,11-12H,2-8H2,1H3. The maximum absolute atomic E-state index is 5.34. The highest BCUT2D eigenvalue weighted by molar-refractivity contribution is 4.94. The molecule has 2 fully saturated rings. The van der Waals surface area contributed by atoms with Crippen LogP contribution in [0.2, 0.25) is 0 Å². The Morgan fingerprint density at radius 3 is 2.77 bits per heavy atom. The predicted molar refractivity (Wildman–Crippen MR) is 52.9 cm³/mol. The van der Waals surface area contributed by atoms with Gasteiger partial charge in [0.1, 0.15) is 0 Å². The van der Waals surface area contributed by atoms with Crippen molar-refractivity contribution in [3.05, 3.63) is 0 Å². The van der Waals surface area contributed by atoms with Crippen molar-refractivity contribution in [1.29, 1.82) is 0 Å². The van der Waals surface area contributed by atoms with E-state index in [2.05, 4.69) is 17.6 Å². The molecule has 2 aliphatic rings. The van der Waals surface area contributed by atoms with Crippen molar-refractivity contribution in [2.75, 3.05) is 26.3 Å². The molecule has 1 unspecified atom stereocenters. The summed E-state index contributed by atoms with van der Waals surface area (Å²) < 4.78 is 5.34. The quantitative estimate of drug-likeness (QED) is 0.656. The second-order valence-electron chi connectivity index (χ2n) is 4.52. The summed E-state index contributed by atoms with van der Waals surface area (Å²) in [5, 5.41) is 7.16. The van der Waals surface area contributed by atoms with Crippen LogP contribution in [0.4, 0.5) is 0 Å². The third-order valence-electron chi connectivity index (χ3n) is 3.14. The highest BCUT2D eigenvalue weighted by Gasteiger charge is 2.30. The Labute approximate surface area is 80.2 Å². The number of nitrogens with one attached hydrogen (secondary N) is 2. The van der Waals surface area contributed by atoms with Crippen molar-refractivity contribution in [2.24, 2.45) is 0 Å². The zero-order valence-electron chi connectivity index (χ0n) is 8.44. The summed E-state index contributed by atoms with van der Waals surface area (Å²) in [4.78, 5) is 0. The molecule has 0 aromatic rings. The maximum atomic E-state index is 5.34. The van der Waals surface area contributed by atoms with Crippen molar-refractivity contribution in [3.8, 4) is 0 Å². The topological polar surface area (TPSA) is 33.3 Å². The van der Waals surface area contributed by atoms with Gasteiger partial charge in [-0.3, -0.25) is 0 Å². The van der Waals surface area contributed by atoms with Crippen LogP contribution in [0.25, 0.3) is 0 Å². The van der Waals surface area contributed by atoms with Crippen LogP contribution in [0.1, 0.15) is 26.2 Å². The van der Waals surface area contributed by atoms with Crippen molar-refractivity contribution in [3.63, 3.8) is 0 Å². The SMILES string of the molecule is CC1(NC2CCOCC2)CCNC1. The van der Waals surface area contributed by atoms with Gasteiger partial charge < -0.3 is 15.4 Å². The van der Waals surface area contributed by atoms with E-state index in [1.54, 1.807) is 0 Å². The molecule has 0 aromatic heterocycles. The minimum Gasteiger partial charge on any atom is -0.381 e. The third kappa shape index (κ3) is 2.42. The third-order valence-corrected chi connectivity index (χ3v) is 3.14. The Kier molecular flexibility index (Phi) is 2.86. The van der Waals surface area contributed by atoms with Crippen LogP contribution >= 0.6 is 0 Å². The van der Waals surface area contributed by atoms with E-state index in [0.717, 1.165) is 26.3 Å². The summed E-state index contributed by atoms with van der Waals surface area (Å²) in [5.41, 5.74) is 0.335. The second-order valence-corrected chi connectivity index (χ2v) is 4.52. The van der Waals surface area contributed by atoms with Gasteiger partial charge in [0.05, 0.1) is 0 Å². The van der Waals surface area contributed by atoms with Crippen LogP contribution < -0.4 is 10.6 Å². The van der Waals surface area contributed by atoms with Gasteiger partial charge >= 0.3 is 0 Å². The van der Waals surface area contributed by atoms with E-state index in [0.29, 0.717) is 11.6 Å². The van der Waals surface area contributed by atoms with Gasteiger partial charge in [-0.25, -0.2) is 0 Å². The monoisotopic (exact) mass is 184 g/mol. The molecule has 2 heterocycles. The number of rotatable bonds is 2. The lowest BCUT2D eigenvalue weighted by molar-refractivity contribution is 0.0702. The number of ether oxygens (including phenoxy) is 1. The molecule has 0 amide bonds. The molecular weight excluding hydrogens is 164 g/mol. The Bertz CT molecular complexity index is 160. The van der Waals surface area contributed by atoms with Crippen molar-refractivity contribution in [2.45, 2.75) is 37.8 Å². The molecule has 1 atom stereocenters. The minimum absolute atomic E-state index is 0.335. The summed E-state index contributed by atoms with van der Waals surface area (Å²) in [6.07, 6.45) is 3.61. The van der Waals surface area contributed by atoms with Crippen molar-refractivity contribution >= 4 is 0 Å². The largest absolute Gasteiger partial charge is 0.381 e. The van der Waals surface area contributed by atoms with Gasteiger partial charge in [-0.15, -0.1) is 0 Å². The summed E-state index contributed by atoms with van der Waals surface area (Å²) in [7, 11) is 0. The molecular formula is C10H20N2O. The first-order valence-corrected chi connectivity index (χ1v) is 5.35. The van der Waals surface area contributed by atoms with Crippen molar-refractivity contribution < 1.29 is 4.74 Å². The molecule has 3 heteroatoms. The Morgan fingerprint density at radius 1 is 1.38 bits per heavy atom. The van der Waals surface area contributed by atoms with Crippen LogP contribution in [-0.2, 0) is 4.74 Å². The summed E-state index contributed by atoms with van der Waals surface area (Å²) in [5.74, 6) is 0. The fraction of sp³-hybridized carbons (Fsp3) is 1.00. The van der Waals surface area contributed by atoms with E-state index in [1.807, 2.05) is 0 Å². The fourth-order valence-corrected chi connectivity index (χ4v) is 2.27. The lowest BCUT2D eigenvalue weighted by Crippen LogP contribution is -2.51. The summed E-state index contributed by atoms with van der Waals surface area (Å²) >= 11 is 0. The van der Waals surface area contributed by atoms with Gasteiger partial charge in [0.15, 0.2) is 0 Å². The Balaban J connectivity index is 1.81. The van der Waals surface area contributed by atoms with Crippen LogP contribution in [-0.4, -0.2) is 37.9 Å². The molecule has 76 valence electrons. The maximum Gasteiger partial charge on any atom is 0.0480 e. The Hall–Kier alpha value is -0.120. The molecule has 0 aliphatic carbocycles. The van der Waals surface area contributed by atoms with Crippen molar-refractivity contribution in [1.82, 2.24) is 10.6 Å². The average Bonchev–Trinajstić information content (AvgIpc) is 2.54. The van der Waals surface area contributed by atoms with Gasteiger partial charge in [-0.05, 0) is 32.7 Å². The van der Waals surface area contributed by atoms with E-state index in [4.69, 9.17) is 4.74 Å². The molecule has 0 spiro atoms. The van der Waals surface area contributed by atoms with Gasteiger partial charge in [-0.1, -0.05) is 0 Å². The van der Waals surface area contributed by atoms with E-state index >= 15 is 0 Å². The second kappa shape index (κ2) is 3.95. The average molecular weight is 184 g/mol. The summed E-state index contributed by atoms with van der Waals surface area (Å²) in [6, 6.07) is 0.679. The Morgan fingerprint density at radius 2 is 2.15 bits per heavy atom. The molecule has 2 rings (SSSR count). The molecule has 13 heavy (non-hydrogen) atoms. The number of hydrogen-bond donors (Lipinski definition) is 2. The summed E-state index contributed by atoms with van der Waals surface area (Å²) in [6.45, 7) is 6.46. The fourth-order valence-electron chi connectivity index (χ4n) is 2.27. The highest BCUT2D eigenvalue weighted by atomic mass is 16.5. The molecule has 2 aliphatic heterocycles. The lowest BCUT2D eigenvalue weighted by Gasteiger charge is -2.33. The van der Waals surface area contributed by atoms with Crippen LogP contribution in [0.15, 0.2) is 0 Å². The molecule has 0 radical (unpaired) electrons.